The molecule has 1 heterocycles. The molecule has 100 valence electrons. The molecule has 0 unspecified atom stereocenters. The van der Waals surface area contributed by atoms with Gasteiger partial charge in [-0.15, -0.1) is 0 Å². The second-order valence-corrected chi connectivity index (χ2v) is 4.02. The molecule has 1 aromatic heterocycles. The molecule has 0 atom stereocenters. The minimum absolute atomic E-state index is 0.0642. The first kappa shape index (κ1) is 13.0. The fraction of sp³-hybridized carbons (Fsp3) is 0.250. The molecule has 2 rings (SSSR count). The summed E-state index contributed by atoms with van der Waals surface area (Å²) in [5, 5.41) is 23.9. The van der Waals surface area contributed by atoms with E-state index < -0.39 is 4.92 Å². The average Bonchev–Trinajstić information content (AvgIpc) is 2.65. The lowest BCUT2D eigenvalue weighted by Crippen LogP contribution is -1.97. The first-order valence-corrected chi connectivity index (χ1v) is 5.58. The minimum Gasteiger partial charge on any atom is -0.434 e. The van der Waals surface area contributed by atoms with Crippen LogP contribution in [0.5, 0.6) is 11.6 Å². The van der Waals surface area contributed by atoms with Gasteiger partial charge in [0.05, 0.1) is 11.5 Å². The van der Waals surface area contributed by atoms with Crippen LogP contribution in [-0.4, -0.2) is 19.8 Å². The molecule has 1 aromatic carbocycles. The van der Waals surface area contributed by atoms with Crippen molar-refractivity contribution < 1.29 is 14.8 Å². The van der Waals surface area contributed by atoms with Gasteiger partial charge in [-0.1, -0.05) is 12.1 Å². The summed E-state index contributed by atoms with van der Waals surface area (Å²) >= 11 is 0. The summed E-state index contributed by atoms with van der Waals surface area (Å²) < 4.78 is 6.83. The third-order valence-corrected chi connectivity index (χ3v) is 2.64. The number of hydrogen-bond acceptors (Lipinski definition) is 5. The molecule has 2 aromatic rings. The molecule has 0 bridgehead atoms. The number of aryl methyl sites for hydroxylation is 2. The maximum atomic E-state index is 11.0. The van der Waals surface area contributed by atoms with Crippen molar-refractivity contribution in [3.8, 4) is 11.6 Å². The van der Waals surface area contributed by atoms with Crippen molar-refractivity contribution in [2.75, 3.05) is 0 Å². The summed E-state index contributed by atoms with van der Waals surface area (Å²) in [4.78, 5) is 10.5. The zero-order chi connectivity index (χ0) is 14.0. The van der Waals surface area contributed by atoms with Crippen molar-refractivity contribution in [3.63, 3.8) is 0 Å². The summed E-state index contributed by atoms with van der Waals surface area (Å²) in [7, 11) is 1.58. The van der Waals surface area contributed by atoms with Gasteiger partial charge < -0.3 is 9.84 Å². The number of benzene rings is 1. The lowest BCUT2D eigenvalue weighted by atomic mass is 10.2. The molecular formula is C12H13N3O4. The van der Waals surface area contributed by atoms with Crippen molar-refractivity contribution in [2.45, 2.75) is 13.5 Å². The van der Waals surface area contributed by atoms with Crippen LogP contribution in [0.3, 0.4) is 0 Å². The number of hydrogen-bond donors (Lipinski definition) is 1. The molecule has 7 heteroatoms. The Morgan fingerprint density at radius 2 is 2.05 bits per heavy atom. The zero-order valence-corrected chi connectivity index (χ0v) is 10.5. The van der Waals surface area contributed by atoms with Crippen molar-refractivity contribution in [1.82, 2.24) is 9.78 Å². The van der Waals surface area contributed by atoms with E-state index in [4.69, 9.17) is 9.84 Å². The molecule has 0 aliphatic rings. The molecule has 0 spiro atoms. The Morgan fingerprint density at radius 3 is 2.58 bits per heavy atom. The number of nitro groups is 1. The van der Waals surface area contributed by atoms with Crippen molar-refractivity contribution in [3.05, 3.63) is 45.6 Å². The summed E-state index contributed by atoms with van der Waals surface area (Å²) in [5.74, 6) is 0.530. The van der Waals surface area contributed by atoms with E-state index in [0.29, 0.717) is 11.4 Å². The van der Waals surface area contributed by atoms with Gasteiger partial charge in [-0.2, -0.15) is 5.10 Å². The number of aliphatic hydroxyl groups excluding tert-OH is 1. The summed E-state index contributed by atoms with van der Waals surface area (Å²) in [6, 6.07) is 6.64. The molecule has 1 N–H and O–H groups in total. The first-order chi connectivity index (χ1) is 9.02. The van der Waals surface area contributed by atoms with Gasteiger partial charge in [-0.25, -0.2) is 4.68 Å². The van der Waals surface area contributed by atoms with E-state index in [1.54, 1.807) is 38.2 Å². The van der Waals surface area contributed by atoms with Crippen LogP contribution < -0.4 is 4.74 Å². The lowest BCUT2D eigenvalue weighted by Gasteiger charge is -2.05. The highest BCUT2D eigenvalue weighted by molar-refractivity contribution is 5.47. The molecule has 0 saturated carbocycles. The van der Waals surface area contributed by atoms with Crippen LogP contribution in [0.1, 0.15) is 11.3 Å². The van der Waals surface area contributed by atoms with Crippen molar-refractivity contribution in [1.29, 1.82) is 0 Å². The van der Waals surface area contributed by atoms with Crippen molar-refractivity contribution in [2.24, 2.45) is 7.05 Å². The molecule has 0 aliphatic carbocycles. The van der Waals surface area contributed by atoms with Crippen LogP contribution in [0.2, 0.25) is 0 Å². The highest BCUT2D eigenvalue weighted by Gasteiger charge is 2.26. The maximum absolute atomic E-state index is 11.0. The van der Waals surface area contributed by atoms with Crippen molar-refractivity contribution >= 4 is 5.69 Å². The molecule has 0 saturated heterocycles. The lowest BCUT2D eigenvalue weighted by molar-refractivity contribution is -0.386. The third-order valence-electron chi connectivity index (χ3n) is 2.64. The van der Waals surface area contributed by atoms with Gasteiger partial charge >= 0.3 is 5.69 Å². The maximum Gasteiger partial charge on any atom is 0.353 e. The zero-order valence-electron chi connectivity index (χ0n) is 10.5. The first-order valence-electron chi connectivity index (χ1n) is 5.58. The summed E-state index contributed by atoms with van der Waals surface area (Å²) in [6.07, 6.45) is 0. The predicted octanol–water partition coefficient (Wildman–Crippen LogP) is 1.92. The fourth-order valence-electron chi connectivity index (χ4n) is 1.72. The largest absolute Gasteiger partial charge is 0.434 e. The van der Waals surface area contributed by atoms with Gasteiger partial charge in [-0.05, 0) is 24.6 Å². The Bertz CT molecular complexity index is 604. The standard InChI is InChI=1S/C12H13N3O4/c1-8-11(15(17)18)12(14(2)13-8)19-10-5-3-9(7-16)4-6-10/h3-6,16H,7H2,1-2H3. The molecular weight excluding hydrogens is 250 g/mol. The molecule has 19 heavy (non-hydrogen) atoms. The second-order valence-electron chi connectivity index (χ2n) is 4.02. The summed E-state index contributed by atoms with van der Waals surface area (Å²) in [5.41, 5.74) is 0.895. The second kappa shape index (κ2) is 5.07. The predicted molar refractivity (Wildman–Crippen MR) is 67.0 cm³/mol. The number of aromatic nitrogens is 2. The molecule has 0 aliphatic heterocycles. The van der Waals surface area contributed by atoms with E-state index in [1.807, 2.05) is 0 Å². The van der Waals surface area contributed by atoms with E-state index in [1.165, 1.54) is 4.68 Å². The van der Waals surface area contributed by atoms with E-state index in [0.717, 1.165) is 5.56 Å². The topological polar surface area (TPSA) is 90.4 Å². The highest BCUT2D eigenvalue weighted by atomic mass is 16.6. The molecule has 0 amide bonds. The van der Waals surface area contributed by atoms with Gasteiger partial charge in [0.25, 0.3) is 5.88 Å². The number of ether oxygens (including phenoxy) is 1. The fourth-order valence-corrected chi connectivity index (χ4v) is 1.72. The number of rotatable bonds is 4. The van der Waals surface area contributed by atoms with E-state index >= 15 is 0 Å². The Labute approximate surface area is 109 Å². The van der Waals surface area contributed by atoms with Crippen LogP contribution >= 0.6 is 0 Å². The van der Waals surface area contributed by atoms with E-state index in [-0.39, 0.29) is 18.2 Å². The minimum atomic E-state index is -0.514. The van der Waals surface area contributed by atoms with Gasteiger partial charge in [0.2, 0.25) is 0 Å². The SMILES string of the molecule is Cc1nn(C)c(Oc2ccc(CO)cc2)c1[N+](=O)[O-]. The van der Waals surface area contributed by atoms with Crippen LogP contribution in [-0.2, 0) is 13.7 Å². The molecule has 7 nitrogen and oxygen atoms in total. The third kappa shape index (κ3) is 2.55. The van der Waals surface area contributed by atoms with Gasteiger partial charge in [0.1, 0.15) is 11.4 Å². The van der Waals surface area contributed by atoms with E-state index in [9.17, 15) is 10.1 Å². The Morgan fingerprint density at radius 1 is 1.42 bits per heavy atom. The smallest absolute Gasteiger partial charge is 0.353 e. The van der Waals surface area contributed by atoms with Crippen LogP contribution in [0, 0.1) is 17.0 Å². The molecule has 0 fully saturated rings. The van der Waals surface area contributed by atoms with Crippen LogP contribution in [0.15, 0.2) is 24.3 Å². The monoisotopic (exact) mass is 263 g/mol. The Balaban J connectivity index is 2.34. The average molecular weight is 263 g/mol. The van der Waals surface area contributed by atoms with Gasteiger partial charge in [-0.3, -0.25) is 10.1 Å². The number of nitrogens with zero attached hydrogens (tertiary/aromatic N) is 3. The normalized spacial score (nSPS) is 10.5. The number of aliphatic hydroxyl groups is 1. The van der Waals surface area contributed by atoms with E-state index in [2.05, 4.69) is 5.10 Å². The quantitative estimate of drug-likeness (QED) is 0.672. The van der Waals surface area contributed by atoms with Crippen LogP contribution in [0.25, 0.3) is 0 Å². The van der Waals surface area contributed by atoms with Gasteiger partial charge in [0.15, 0.2) is 0 Å². The summed E-state index contributed by atoms with van der Waals surface area (Å²) in [6.45, 7) is 1.49. The van der Waals surface area contributed by atoms with Gasteiger partial charge in [0, 0.05) is 7.05 Å². The van der Waals surface area contributed by atoms with Crippen LogP contribution in [0.4, 0.5) is 5.69 Å². The molecule has 0 radical (unpaired) electrons. The highest BCUT2D eigenvalue weighted by Crippen LogP contribution is 2.33. The Hall–Kier alpha value is -2.41. The Kier molecular flexibility index (Phi) is 3.48.